The van der Waals surface area contributed by atoms with Crippen LogP contribution in [0.3, 0.4) is 0 Å². The lowest BCUT2D eigenvalue weighted by molar-refractivity contribution is -0.121. The molecule has 0 aliphatic heterocycles. The number of carbonyl (C=O) groups is 3. The Balaban J connectivity index is 1.61. The van der Waals surface area contributed by atoms with Gasteiger partial charge < -0.3 is 4.90 Å². The maximum atomic E-state index is 13.9. The van der Waals surface area contributed by atoms with Crippen molar-refractivity contribution in [2.24, 2.45) is 5.92 Å². The zero-order valence-electron chi connectivity index (χ0n) is 21.5. The van der Waals surface area contributed by atoms with Gasteiger partial charge >= 0.3 is 0 Å². The van der Waals surface area contributed by atoms with E-state index < -0.39 is 17.5 Å². The quantitative estimate of drug-likeness (QED) is 0.337. The van der Waals surface area contributed by atoms with Crippen LogP contribution in [-0.4, -0.2) is 38.7 Å². The molecule has 6 nitrogen and oxygen atoms in total. The molecule has 196 valence electrons. The summed E-state index contributed by atoms with van der Waals surface area (Å²) < 4.78 is 29.6. The van der Waals surface area contributed by atoms with Crippen LogP contribution in [0.4, 0.5) is 8.78 Å². The first-order valence-electron chi connectivity index (χ1n) is 12.4. The van der Waals surface area contributed by atoms with Crippen molar-refractivity contribution in [3.05, 3.63) is 74.2 Å². The fourth-order valence-corrected chi connectivity index (χ4v) is 6.13. The maximum absolute atomic E-state index is 13.9. The van der Waals surface area contributed by atoms with Crippen molar-refractivity contribution < 1.29 is 23.2 Å². The summed E-state index contributed by atoms with van der Waals surface area (Å²) in [4.78, 5) is 40.9. The van der Waals surface area contributed by atoms with Crippen molar-refractivity contribution in [1.82, 2.24) is 14.7 Å². The molecule has 9 heteroatoms. The van der Waals surface area contributed by atoms with Gasteiger partial charge in [0.15, 0.2) is 5.78 Å². The third-order valence-corrected chi connectivity index (χ3v) is 8.28. The highest BCUT2D eigenvalue weighted by Crippen LogP contribution is 2.33. The number of aryl methyl sites for hydroxylation is 2. The van der Waals surface area contributed by atoms with Crippen molar-refractivity contribution in [2.75, 3.05) is 6.54 Å². The van der Waals surface area contributed by atoms with Gasteiger partial charge in [-0.15, -0.1) is 11.3 Å². The number of nitrogens with zero attached hydrogens (tertiary/aromatic N) is 3. The van der Waals surface area contributed by atoms with E-state index >= 15 is 0 Å². The van der Waals surface area contributed by atoms with Crippen molar-refractivity contribution >= 4 is 28.8 Å². The highest BCUT2D eigenvalue weighted by atomic mass is 32.1. The van der Waals surface area contributed by atoms with Crippen LogP contribution >= 0.6 is 11.3 Å². The number of hydrogen-bond acceptors (Lipinski definition) is 5. The number of carbonyl (C=O) groups excluding carboxylic acids is 3. The van der Waals surface area contributed by atoms with E-state index in [1.165, 1.54) is 34.6 Å². The van der Waals surface area contributed by atoms with Gasteiger partial charge in [0.1, 0.15) is 17.4 Å². The summed E-state index contributed by atoms with van der Waals surface area (Å²) in [6.07, 6.45) is 4.66. The molecule has 1 aromatic carbocycles. The molecule has 1 fully saturated rings. The van der Waals surface area contributed by atoms with Gasteiger partial charge in [-0.1, -0.05) is 0 Å². The number of Topliss-reactive ketones (excluding diaryl/α,β-unsaturated/α-hetero) is 2. The van der Waals surface area contributed by atoms with E-state index in [0.717, 1.165) is 42.2 Å². The van der Waals surface area contributed by atoms with E-state index in [2.05, 4.69) is 5.10 Å². The molecule has 1 amide bonds. The van der Waals surface area contributed by atoms with Gasteiger partial charge in [-0.05, 0) is 82.0 Å². The number of hydrogen-bond donors (Lipinski definition) is 0. The van der Waals surface area contributed by atoms with E-state index in [4.69, 9.17) is 0 Å². The Bertz CT molecular complexity index is 1300. The van der Waals surface area contributed by atoms with Crippen LogP contribution in [0.25, 0.3) is 0 Å². The lowest BCUT2D eigenvalue weighted by Crippen LogP contribution is -2.36. The second-order valence-corrected chi connectivity index (χ2v) is 11.0. The number of ketones is 2. The van der Waals surface area contributed by atoms with E-state index in [1.54, 1.807) is 6.92 Å². The van der Waals surface area contributed by atoms with E-state index in [9.17, 15) is 23.2 Å². The van der Waals surface area contributed by atoms with Gasteiger partial charge in [-0.3, -0.25) is 19.1 Å². The summed E-state index contributed by atoms with van der Waals surface area (Å²) in [7, 11) is 0. The molecule has 2 aromatic heterocycles. The summed E-state index contributed by atoms with van der Waals surface area (Å²) >= 11 is 1.46. The molecule has 1 aliphatic rings. The second-order valence-electron chi connectivity index (χ2n) is 9.92. The molecule has 0 atom stereocenters. The Morgan fingerprint density at radius 2 is 1.70 bits per heavy atom. The van der Waals surface area contributed by atoms with E-state index in [-0.39, 0.29) is 42.2 Å². The largest absolute Gasteiger partial charge is 0.327 e. The lowest BCUT2D eigenvalue weighted by Gasteiger charge is -2.28. The van der Waals surface area contributed by atoms with Crippen LogP contribution in [0.2, 0.25) is 0 Å². The Labute approximate surface area is 219 Å². The predicted octanol–water partition coefficient (Wildman–Crippen LogP) is 5.99. The van der Waals surface area contributed by atoms with Crippen LogP contribution in [0, 0.1) is 38.3 Å². The topological polar surface area (TPSA) is 72.3 Å². The number of amides is 1. The Morgan fingerprint density at radius 1 is 1.05 bits per heavy atom. The molecule has 2 heterocycles. The fourth-order valence-electron chi connectivity index (χ4n) is 5.26. The van der Waals surface area contributed by atoms with E-state index in [0.29, 0.717) is 16.8 Å². The normalized spacial score (nSPS) is 17.6. The van der Waals surface area contributed by atoms with Crippen LogP contribution < -0.4 is 0 Å². The third-order valence-electron chi connectivity index (χ3n) is 7.25. The van der Waals surface area contributed by atoms with Gasteiger partial charge in [0.05, 0.1) is 24.3 Å². The zero-order valence-corrected chi connectivity index (χ0v) is 22.3. The lowest BCUT2D eigenvalue weighted by atomic mass is 9.84. The fraction of sp³-hybridized carbons (Fsp3) is 0.429. The molecule has 0 unspecified atom stereocenters. The van der Waals surface area contributed by atoms with Crippen LogP contribution in [0.15, 0.2) is 29.8 Å². The highest BCUT2D eigenvalue weighted by molar-refractivity contribution is 7.10. The first-order chi connectivity index (χ1) is 17.5. The summed E-state index contributed by atoms with van der Waals surface area (Å²) in [5.74, 6) is -1.87. The molecule has 0 N–H and O–H groups in total. The number of benzene rings is 1. The minimum Gasteiger partial charge on any atom is -0.327 e. The highest BCUT2D eigenvalue weighted by Gasteiger charge is 2.30. The van der Waals surface area contributed by atoms with Gasteiger partial charge in [-0.25, -0.2) is 8.78 Å². The monoisotopic (exact) mass is 527 g/mol. The minimum atomic E-state index is -0.747. The first-order valence-corrected chi connectivity index (χ1v) is 13.3. The molecule has 4 rings (SSSR count). The van der Waals surface area contributed by atoms with Crippen molar-refractivity contribution in [3.8, 4) is 0 Å². The summed E-state index contributed by atoms with van der Waals surface area (Å²) in [6, 6.07) is 3.19. The van der Waals surface area contributed by atoms with E-state index in [1.807, 2.05) is 30.8 Å². The first kappa shape index (κ1) is 26.9. The number of halogens is 2. The average Bonchev–Trinajstić information content (AvgIpc) is 3.38. The molecular weight excluding hydrogens is 496 g/mol. The third kappa shape index (κ3) is 5.87. The number of thiophene rings is 1. The Hall–Kier alpha value is -3.20. The minimum absolute atomic E-state index is 0.0745. The van der Waals surface area contributed by atoms with Crippen molar-refractivity contribution in [2.45, 2.75) is 66.0 Å². The van der Waals surface area contributed by atoms with Gasteiger partial charge in [0.25, 0.3) is 5.91 Å². The smallest absolute Gasteiger partial charge is 0.258 e. The van der Waals surface area contributed by atoms with Crippen LogP contribution in [0.1, 0.15) is 81.1 Å². The molecule has 1 aliphatic carbocycles. The maximum Gasteiger partial charge on any atom is 0.258 e. The molecule has 0 radical (unpaired) electrons. The van der Waals surface area contributed by atoms with Gasteiger partial charge in [-0.2, -0.15) is 5.10 Å². The number of rotatable bonds is 8. The van der Waals surface area contributed by atoms with Crippen LogP contribution in [0.5, 0.6) is 0 Å². The Kier molecular flexibility index (Phi) is 8.02. The van der Waals surface area contributed by atoms with Gasteiger partial charge in [0, 0.05) is 34.7 Å². The van der Waals surface area contributed by atoms with Crippen LogP contribution in [-0.2, 0) is 11.3 Å². The molecule has 0 spiro atoms. The molecule has 0 saturated heterocycles. The second kappa shape index (κ2) is 11.0. The van der Waals surface area contributed by atoms with Gasteiger partial charge in [0.2, 0.25) is 0 Å². The standard InChI is InChI=1S/C28H31F2N3O3S/c1-16-15-37-19(4)27(16)26(35)14-32(13-20-9-22(29)11-23(30)10-20)28(36)25-12-31-33(17(25)2)24-7-5-21(6-8-24)18(3)34/h9-12,15,21,24H,5-8,13-14H2,1-4H3. The van der Waals surface area contributed by atoms with Crippen molar-refractivity contribution in [1.29, 1.82) is 0 Å². The summed E-state index contributed by atoms with van der Waals surface area (Å²) in [5, 5.41) is 6.38. The molecule has 0 bridgehead atoms. The molecule has 3 aromatic rings. The summed E-state index contributed by atoms with van der Waals surface area (Å²) in [5.41, 5.74) is 2.67. The molecule has 1 saturated carbocycles. The molecule has 37 heavy (non-hydrogen) atoms. The number of aromatic nitrogens is 2. The SMILES string of the molecule is CC(=O)C1CCC(n2ncc(C(=O)N(CC(=O)c3c(C)csc3C)Cc3cc(F)cc(F)c3)c2C)CC1. The Morgan fingerprint density at radius 3 is 2.27 bits per heavy atom. The summed E-state index contributed by atoms with van der Waals surface area (Å²) in [6.45, 7) is 6.78. The molecular formula is C28H31F2N3O3S. The average molecular weight is 528 g/mol. The van der Waals surface area contributed by atoms with Crippen molar-refractivity contribution in [3.63, 3.8) is 0 Å². The zero-order chi connectivity index (χ0) is 26.9. The predicted molar refractivity (Wildman–Crippen MR) is 138 cm³/mol.